The molecule has 0 radical (unpaired) electrons. The molecule has 1 unspecified atom stereocenters. The largest absolute Gasteiger partial charge is 1.00 e. The van der Waals surface area contributed by atoms with E-state index in [0.29, 0.717) is 10.1 Å². The number of carbonyl (C=O) groups is 1. The van der Waals surface area contributed by atoms with Crippen LogP contribution in [0.3, 0.4) is 0 Å². The molecule has 0 aliphatic heterocycles. The third-order valence-electron chi connectivity index (χ3n) is 2.70. The highest BCUT2D eigenvalue weighted by Gasteiger charge is 2.26. The summed E-state index contributed by atoms with van der Waals surface area (Å²) in [6.07, 6.45) is 2.17. The van der Waals surface area contributed by atoms with E-state index in [1.54, 1.807) is 6.92 Å². The molecule has 0 aliphatic carbocycles. The number of hydrogen-bond acceptors (Lipinski definition) is 2. The lowest BCUT2D eigenvalue weighted by Crippen LogP contribution is -3.00. The standard InChI is InChI=1S/C12H24NO2.ClH/c1-7-8-9-13(5,6)11(4)15-12(14)10(2)3;/h11H,2,7-9H2,1,3-6H3;1H/q+1;/p-1. The van der Waals surface area contributed by atoms with Gasteiger partial charge < -0.3 is 17.1 Å². The quantitative estimate of drug-likeness (QED) is 0.270. The first kappa shape index (κ1) is 17.8. The molecule has 0 rings (SSSR count). The summed E-state index contributed by atoms with van der Waals surface area (Å²) < 4.78 is 6.01. The molecule has 3 nitrogen and oxygen atoms in total. The smallest absolute Gasteiger partial charge is 0.337 e. The Balaban J connectivity index is 0. The molecule has 0 spiro atoms. The van der Waals surface area contributed by atoms with Gasteiger partial charge in [-0.25, -0.2) is 4.79 Å². The van der Waals surface area contributed by atoms with E-state index in [2.05, 4.69) is 27.6 Å². The van der Waals surface area contributed by atoms with Crippen molar-refractivity contribution >= 4 is 5.97 Å². The molecule has 0 heterocycles. The molecule has 0 aliphatic rings. The van der Waals surface area contributed by atoms with Gasteiger partial charge in [-0.15, -0.1) is 0 Å². The van der Waals surface area contributed by atoms with Crippen molar-refractivity contribution in [1.82, 2.24) is 0 Å². The molecular weight excluding hydrogens is 226 g/mol. The second kappa shape index (κ2) is 7.69. The summed E-state index contributed by atoms with van der Waals surface area (Å²) in [7, 11) is 4.15. The fourth-order valence-corrected chi connectivity index (χ4v) is 1.15. The zero-order valence-electron chi connectivity index (χ0n) is 11.0. The van der Waals surface area contributed by atoms with Crippen LogP contribution in [0.5, 0.6) is 0 Å². The topological polar surface area (TPSA) is 26.3 Å². The first-order valence-corrected chi connectivity index (χ1v) is 5.50. The van der Waals surface area contributed by atoms with Crippen LogP contribution in [0.15, 0.2) is 12.2 Å². The molecule has 0 saturated carbocycles. The van der Waals surface area contributed by atoms with E-state index in [1.807, 2.05) is 6.92 Å². The van der Waals surface area contributed by atoms with Crippen LogP contribution in [-0.4, -0.2) is 37.3 Å². The third-order valence-corrected chi connectivity index (χ3v) is 2.70. The Hall–Kier alpha value is -0.540. The molecule has 0 aromatic heterocycles. The van der Waals surface area contributed by atoms with Crippen molar-refractivity contribution in [3.8, 4) is 0 Å². The molecule has 0 fully saturated rings. The van der Waals surface area contributed by atoms with Crippen LogP contribution in [0.25, 0.3) is 0 Å². The van der Waals surface area contributed by atoms with Crippen LogP contribution in [0.1, 0.15) is 33.6 Å². The highest BCUT2D eigenvalue weighted by atomic mass is 35.5. The third kappa shape index (κ3) is 6.13. The number of quaternary nitrogens is 1. The molecule has 0 N–H and O–H groups in total. The van der Waals surface area contributed by atoms with Gasteiger partial charge in [-0.1, -0.05) is 19.9 Å². The maximum atomic E-state index is 11.3. The summed E-state index contributed by atoms with van der Waals surface area (Å²) in [5.41, 5.74) is 0.456. The van der Waals surface area contributed by atoms with Crippen LogP contribution in [0.2, 0.25) is 0 Å². The summed E-state index contributed by atoms with van der Waals surface area (Å²) in [5.74, 6) is -0.301. The minimum atomic E-state index is -0.301. The summed E-state index contributed by atoms with van der Waals surface area (Å²) in [6.45, 7) is 10.3. The van der Waals surface area contributed by atoms with Crippen molar-refractivity contribution in [2.75, 3.05) is 20.6 Å². The maximum Gasteiger partial charge on any atom is 0.337 e. The molecule has 0 bridgehead atoms. The lowest BCUT2D eigenvalue weighted by Gasteiger charge is -2.35. The zero-order chi connectivity index (χ0) is 12.1. The summed E-state index contributed by atoms with van der Waals surface area (Å²) in [6, 6.07) is 0. The van der Waals surface area contributed by atoms with Crippen LogP contribution in [0, 0.1) is 0 Å². The van der Waals surface area contributed by atoms with Crippen LogP contribution >= 0.6 is 0 Å². The number of carbonyl (C=O) groups excluding carboxylic acids is 1. The van der Waals surface area contributed by atoms with Crippen molar-refractivity contribution in [2.45, 2.75) is 39.8 Å². The van der Waals surface area contributed by atoms with Gasteiger partial charge in [0, 0.05) is 12.5 Å². The number of nitrogens with zero attached hydrogens (tertiary/aromatic N) is 1. The predicted octanol–water partition coefficient (Wildman–Crippen LogP) is -0.668. The highest BCUT2D eigenvalue weighted by Crippen LogP contribution is 2.11. The number of rotatable bonds is 6. The van der Waals surface area contributed by atoms with Gasteiger partial charge in [0.05, 0.1) is 20.6 Å². The molecule has 16 heavy (non-hydrogen) atoms. The molecule has 0 aromatic carbocycles. The number of halogens is 1. The molecule has 1 atom stereocenters. The average Bonchev–Trinajstić information content (AvgIpc) is 2.14. The summed E-state index contributed by atoms with van der Waals surface area (Å²) >= 11 is 0. The number of unbranched alkanes of at least 4 members (excludes halogenated alkanes) is 1. The van der Waals surface area contributed by atoms with E-state index < -0.39 is 0 Å². The lowest BCUT2D eigenvalue weighted by atomic mass is 10.3. The minimum absolute atomic E-state index is 0. The maximum absolute atomic E-state index is 11.3. The van der Waals surface area contributed by atoms with Crippen LogP contribution in [0.4, 0.5) is 0 Å². The van der Waals surface area contributed by atoms with E-state index >= 15 is 0 Å². The van der Waals surface area contributed by atoms with E-state index in [0.717, 1.165) is 19.4 Å². The summed E-state index contributed by atoms with van der Waals surface area (Å²) in [4.78, 5) is 11.3. The Labute approximate surface area is 105 Å². The Morgan fingerprint density at radius 1 is 1.44 bits per heavy atom. The van der Waals surface area contributed by atoms with Gasteiger partial charge in [0.2, 0.25) is 6.23 Å². The number of hydrogen-bond donors (Lipinski definition) is 0. The van der Waals surface area contributed by atoms with Crippen LogP contribution in [-0.2, 0) is 9.53 Å². The first-order valence-electron chi connectivity index (χ1n) is 5.50. The number of esters is 1. The fraction of sp³-hybridized carbons (Fsp3) is 0.750. The van der Waals surface area contributed by atoms with Crippen molar-refractivity contribution < 1.29 is 26.4 Å². The second-order valence-electron chi connectivity index (χ2n) is 4.64. The van der Waals surface area contributed by atoms with E-state index in [-0.39, 0.29) is 24.6 Å². The van der Waals surface area contributed by atoms with Gasteiger partial charge >= 0.3 is 5.97 Å². The average molecular weight is 250 g/mol. The van der Waals surface area contributed by atoms with Gasteiger partial charge in [0.1, 0.15) is 0 Å². The van der Waals surface area contributed by atoms with Crippen molar-refractivity contribution in [2.24, 2.45) is 0 Å². The van der Waals surface area contributed by atoms with Gasteiger partial charge in [-0.05, 0) is 13.3 Å². The van der Waals surface area contributed by atoms with Gasteiger partial charge in [-0.2, -0.15) is 0 Å². The van der Waals surface area contributed by atoms with Crippen molar-refractivity contribution in [1.29, 1.82) is 0 Å². The molecule has 0 aromatic rings. The van der Waals surface area contributed by atoms with E-state index in [1.165, 1.54) is 0 Å². The highest BCUT2D eigenvalue weighted by molar-refractivity contribution is 5.86. The molecule has 96 valence electrons. The lowest BCUT2D eigenvalue weighted by molar-refractivity contribution is -0.932. The van der Waals surface area contributed by atoms with Crippen molar-refractivity contribution in [3.05, 3.63) is 12.2 Å². The molecule has 0 amide bonds. The van der Waals surface area contributed by atoms with Gasteiger partial charge in [0.15, 0.2) is 0 Å². The Kier molecular flexibility index (Phi) is 8.57. The zero-order valence-corrected chi connectivity index (χ0v) is 11.8. The van der Waals surface area contributed by atoms with Crippen LogP contribution < -0.4 is 12.4 Å². The second-order valence-corrected chi connectivity index (χ2v) is 4.64. The fourth-order valence-electron chi connectivity index (χ4n) is 1.15. The Morgan fingerprint density at radius 2 is 1.94 bits per heavy atom. The molecule has 4 heteroatoms. The summed E-state index contributed by atoms with van der Waals surface area (Å²) in [5, 5.41) is 0. The monoisotopic (exact) mass is 249 g/mol. The Morgan fingerprint density at radius 3 is 2.31 bits per heavy atom. The Bertz CT molecular complexity index is 239. The van der Waals surface area contributed by atoms with Gasteiger partial charge in [-0.3, -0.25) is 4.48 Å². The number of ether oxygens (including phenoxy) is 1. The first-order chi connectivity index (χ1) is 6.81. The van der Waals surface area contributed by atoms with E-state index in [9.17, 15) is 4.79 Å². The minimum Gasteiger partial charge on any atom is -1.00 e. The predicted molar refractivity (Wildman–Crippen MR) is 62.3 cm³/mol. The van der Waals surface area contributed by atoms with E-state index in [4.69, 9.17) is 4.74 Å². The van der Waals surface area contributed by atoms with Crippen molar-refractivity contribution in [3.63, 3.8) is 0 Å². The van der Waals surface area contributed by atoms with Gasteiger partial charge in [0.25, 0.3) is 0 Å². The molecular formula is C12H24ClNO2. The SMILES string of the molecule is C=C(C)C(=O)OC(C)[N+](C)(C)CCCC.[Cl-]. The normalized spacial score (nSPS) is 12.6. The molecule has 0 saturated heterocycles.